The third-order valence-electron chi connectivity index (χ3n) is 4.15. The smallest absolute Gasteiger partial charge is 0.261 e. The Morgan fingerprint density at radius 3 is 2.90 bits per heavy atom. The number of aliphatic imine (C=N–C) groups is 1. The van der Waals surface area contributed by atoms with Gasteiger partial charge in [0.05, 0.1) is 12.1 Å². The van der Waals surface area contributed by atoms with Crippen molar-refractivity contribution in [1.82, 2.24) is 14.9 Å². The van der Waals surface area contributed by atoms with Crippen molar-refractivity contribution >= 4 is 17.9 Å². The number of amides is 1. The van der Waals surface area contributed by atoms with Crippen molar-refractivity contribution in [3.8, 4) is 0 Å². The van der Waals surface area contributed by atoms with Crippen LogP contribution in [0.15, 0.2) is 23.3 Å². The van der Waals surface area contributed by atoms with Crippen LogP contribution in [0.25, 0.3) is 0 Å². The molecule has 0 radical (unpaired) electrons. The Hall–Kier alpha value is -1.95. The minimum atomic E-state index is -0.247. The molecule has 4 heterocycles. The summed E-state index contributed by atoms with van der Waals surface area (Å²) in [4.78, 5) is 23.2. The summed E-state index contributed by atoms with van der Waals surface area (Å²) in [7, 11) is 0. The Bertz CT molecular complexity index is 566. The Kier molecular flexibility index (Phi) is 2.70. The van der Waals surface area contributed by atoms with E-state index in [2.05, 4.69) is 20.0 Å². The normalized spacial score (nSPS) is 25.8. The minimum Gasteiger partial charge on any atom is -0.293 e. The van der Waals surface area contributed by atoms with Gasteiger partial charge in [-0.1, -0.05) is 6.42 Å². The molecule has 6 nitrogen and oxygen atoms in total. The van der Waals surface area contributed by atoms with E-state index in [0.29, 0.717) is 12.1 Å². The molecule has 1 aromatic heterocycles. The van der Waals surface area contributed by atoms with E-state index in [0.717, 1.165) is 18.9 Å². The zero-order valence-corrected chi connectivity index (χ0v) is 11.3. The molecular weight excluding hydrogens is 254 g/mol. The van der Waals surface area contributed by atoms with Gasteiger partial charge < -0.3 is 0 Å². The molecule has 1 aromatic rings. The second-order valence-corrected chi connectivity index (χ2v) is 5.37. The topological polar surface area (TPSA) is 52.0 Å². The molecule has 1 saturated heterocycles. The van der Waals surface area contributed by atoms with Crippen molar-refractivity contribution in [3.63, 3.8) is 0 Å². The molecule has 0 bridgehead atoms. The van der Waals surface area contributed by atoms with E-state index in [1.807, 2.05) is 18.3 Å². The van der Waals surface area contributed by atoms with Gasteiger partial charge in [0.2, 0.25) is 6.29 Å². The lowest BCUT2D eigenvalue weighted by Crippen LogP contribution is -2.60. The summed E-state index contributed by atoms with van der Waals surface area (Å²) in [6.45, 7) is 2.59. The monoisotopic (exact) mass is 271 g/mol. The first-order valence-corrected chi connectivity index (χ1v) is 7.18. The van der Waals surface area contributed by atoms with Crippen LogP contribution >= 0.6 is 0 Å². The molecule has 0 N–H and O–H groups in total. The largest absolute Gasteiger partial charge is 0.293 e. The summed E-state index contributed by atoms with van der Waals surface area (Å²) in [5, 5.41) is 4.40. The van der Waals surface area contributed by atoms with Gasteiger partial charge in [0.1, 0.15) is 0 Å². The number of hydrazine groups is 1. The number of pyridine rings is 1. The van der Waals surface area contributed by atoms with Gasteiger partial charge in [-0.05, 0) is 25.0 Å². The highest BCUT2D eigenvalue weighted by Crippen LogP contribution is 2.33. The van der Waals surface area contributed by atoms with E-state index >= 15 is 0 Å². The van der Waals surface area contributed by atoms with Crippen molar-refractivity contribution in [2.45, 2.75) is 25.6 Å². The maximum absolute atomic E-state index is 12.5. The Labute approximate surface area is 117 Å². The van der Waals surface area contributed by atoms with Gasteiger partial charge in [0, 0.05) is 25.5 Å². The summed E-state index contributed by atoms with van der Waals surface area (Å²) in [5.41, 5.74) is 0.680. The lowest BCUT2D eigenvalue weighted by Gasteiger charge is -2.46. The second kappa shape index (κ2) is 4.56. The molecule has 1 unspecified atom stereocenters. The van der Waals surface area contributed by atoms with E-state index in [1.54, 1.807) is 11.1 Å². The molecule has 104 valence electrons. The fourth-order valence-corrected chi connectivity index (χ4v) is 3.17. The molecule has 0 spiro atoms. The lowest BCUT2D eigenvalue weighted by molar-refractivity contribution is 0.0603. The van der Waals surface area contributed by atoms with E-state index < -0.39 is 0 Å². The lowest BCUT2D eigenvalue weighted by atomic mass is 10.1. The average Bonchev–Trinajstić information content (AvgIpc) is 2.98. The molecule has 1 fully saturated rings. The number of rotatable bonds is 1. The molecular formula is C14H17N5O. The van der Waals surface area contributed by atoms with Crippen LogP contribution in [0.3, 0.4) is 0 Å². The summed E-state index contributed by atoms with van der Waals surface area (Å²) in [5.74, 6) is 0.781. The number of hydrogen-bond donors (Lipinski definition) is 0. The highest BCUT2D eigenvalue weighted by atomic mass is 16.2. The molecule has 3 aliphatic heterocycles. The van der Waals surface area contributed by atoms with Crippen LogP contribution < -0.4 is 5.01 Å². The van der Waals surface area contributed by atoms with Gasteiger partial charge >= 0.3 is 0 Å². The third kappa shape index (κ3) is 1.64. The summed E-state index contributed by atoms with van der Waals surface area (Å²) in [6.07, 6.45) is 6.97. The summed E-state index contributed by atoms with van der Waals surface area (Å²) < 4.78 is 0. The molecule has 6 heteroatoms. The molecule has 1 amide bonds. The number of piperidine rings is 1. The molecule has 20 heavy (non-hydrogen) atoms. The van der Waals surface area contributed by atoms with Crippen LogP contribution in [0, 0.1) is 0 Å². The van der Waals surface area contributed by atoms with Gasteiger partial charge in [-0.15, -0.1) is 0 Å². The van der Waals surface area contributed by atoms with Crippen molar-refractivity contribution < 1.29 is 4.79 Å². The quantitative estimate of drug-likeness (QED) is 0.768. The maximum Gasteiger partial charge on any atom is 0.261 e. The first-order valence-electron chi connectivity index (χ1n) is 7.18. The fourth-order valence-electron chi connectivity index (χ4n) is 3.17. The zero-order valence-electron chi connectivity index (χ0n) is 11.3. The van der Waals surface area contributed by atoms with E-state index in [9.17, 15) is 4.79 Å². The minimum absolute atomic E-state index is 0.0314. The van der Waals surface area contributed by atoms with E-state index in [1.165, 1.54) is 19.3 Å². The number of anilines is 1. The second-order valence-electron chi connectivity index (χ2n) is 5.37. The SMILES string of the molecule is O=C1c2cccnc2N(N2CCCCC2)C2N=CCN12. The number of hydrogen-bond acceptors (Lipinski definition) is 5. The third-order valence-corrected chi connectivity index (χ3v) is 4.15. The highest BCUT2D eigenvalue weighted by molar-refractivity contribution is 6.02. The predicted octanol–water partition coefficient (Wildman–Crippen LogP) is 1.11. The fraction of sp³-hybridized carbons (Fsp3) is 0.500. The number of carbonyl (C=O) groups excluding carboxylic acids is 1. The average molecular weight is 271 g/mol. The molecule has 0 saturated carbocycles. The van der Waals surface area contributed by atoms with E-state index in [-0.39, 0.29) is 12.2 Å². The van der Waals surface area contributed by atoms with Gasteiger partial charge in [0.25, 0.3) is 5.91 Å². The van der Waals surface area contributed by atoms with Crippen LogP contribution in [0.1, 0.15) is 29.6 Å². The van der Waals surface area contributed by atoms with Crippen molar-refractivity contribution in [2.75, 3.05) is 24.6 Å². The van der Waals surface area contributed by atoms with E-state index in [4.69, 9.17) is 0 Å². The summed E-state index contributed by atoms with van der Waals surface area (Å²) in [6, 6.07) is 3.68. The first kappa shape index (κ1) is 11.8. The van der Waals surface area contributed by atoms with Crippen LogP contribution in [-0.4, -0.2) is 52.9 Å². The Morgan fingerprint density at radius 1 is 1.20 bits per heavy atom. The molecule has 4 rings (SSSR count). The highest BCUT2D eigenvalue weighted by Gasteiger charge is 2.42. The van der Waals surface area contributed by atoms with Crippen molar-refractivity contribution in [2.24, 2.45) is 4.99 Å². The Balaban J connectivity index is 1.79. The molecule has 0 aliphatic carbocycles. The van der Waals surface area contributed by atoms with Crippen LogP contribution in [-0.2, 0) is 0 Å². The maximum atomic E-state index is 12.5. The van der Waals surface area contributed by atoms with Crippen LogP contribution in [0.2, 0.25) is 0 Å². The van der Waals surface area contributed by atoms with Crippen molar-refractivity contribution in [3.05, 3.63) is 23.9 Å². The number of carbonyl (C=O) groups is 1. The van der Waals surface area contributed by atoms with Gasteiger partial charge in [-0.25, -0.2) is 20.0 Å². The number of nitrogens with zero attached hydrogens (tertiary/aromatic N) is 5. The first-order chi connectivity index (χ1) is 9.86. The molecule has 1 atom stereocenters. The zero-order chi connectivity index (χ0) is 13.5. The standard InChI is InChI=1S/C14H17N5O/c20-13-11-5-4-6-15-12(11)19(14-16-7-10-18(13)14)17-8-2-1-3-9-17/h4-7,14H,1-3,8-10H2. The molecule has 3 aliphatic rings. The van der Waals surface area contributed by atoms with Crippen LogP contribution in [0.5, 0.6) is 0 Å². The van der Waals surface area contributed by atoms with Gasteiger partial charge in [0.15, 0.2) is 5.82 Å². The molecule has 0 aromatic carbocycles. The Morgan fingerprint density at radius 2 is 2.05 bits per heavy atom. The van der Waals surface area contributed by atoms with Crippen LogP contribution in [0.4, 0.5) is 5.82 Å². The number of aromatic nitrogens is 1. The van der Waals surface area contributed by atoms with Gasteiger partial charge in [-0.2, -0.15) is 0 Å². The van der Waals surface area contributed by atoms with Gasteiger partial charge in [-0.3, -0.25) is 9.69 Å². The summed E-state index contributed by atoms with van der Waals surface area (Å²) >= 11 is 0. The predicted molar refractivity (Wildman–Crippen MR) is 75.5 cm³/mol. The number of fused-ring (bicyclic) bond motifs is 2. The van der Waals surface area contributed by atoms with Crippen molar-refractivity contribution in [1.29, 1.82) is 0 Å².